The van der Waals surface area contributed by atoms with E-state index in [1.807, 2.05) is 42.5 Å². The molecular weight excluding hydrogens is 526 g/mol. The van der Waals surface area contributed by atoms with Gasteiger partial charge in [0.2, 0.25) is 0 Å². The zero-order valence-electron chi connectivity index (χ0n) is 23.1. The van der Waals surface area contributed by atoms with Gasteiger partial charge in [-0.05, 0) is 42.0 Å². The first-order chi connectivity index (χ1) is 19.6. The van der Waals surface area contributed by atoms with E-state index in [0.717, 1.165) is 49.8 Å². The lowest BCUT2D eigenvalue weighted by atomic mass is 10.1. The van der Waals surface area contributed by atoms with Crippen LogP contribution in [0.2, 0.25) is 0 Å². The Morgan fingerprint density at radius 3 is 2.35 bits per heavy atom. The van der Waals surface area contributed by atoms with Gasteiger partial charge in [0.05, 0.1) is 51.0 Å². The monoisotopic (exact) mass is 565 g/mol. The van der Waals surface area contributed by atoms with Crippen molar-refractivity contribution in [1.29, 1.82) is 0 Å². The number of fused-ring (bicyclic) bond motifs is 2. The SMILES string of the molecule is COc1cc(CN(CCO)CC(O)CN2c3ccccc3Sc3ccccc32)ccc1OCCN1CCOCC1. The van der Waals surface area contributed by atoms with Gasteiger partial charge in [0, 0.05) is 49.1 Å². The highest BCUT2D eigenvalue weighted by Gasteiger charge is 2.25. The molecule has 8 nitrogen and oxygen atoms in total. The summed E-state index contributed by atoms with van der Waals surface area (Å²) in [5.41, 5.74) is 3.24. The van der Waals surface area contributed by atoms with Crippen LogP contribution < -0.4 is 14.4 Å². The van der Waals surface area contributed by atoms with Crippen LogP contribution in [0.3, 0.4) is 0 Å². The lowest BCUT2D eigenvalue weighted by Crippen LogP contribution is -2.40. The number of ether oxygens (including phenoxy) is 3. The minimum Gasteiger partial charge on any atom is -0.493 e. The molecule has 5 rings (SSSR count). The van der Waals surface area contributed by atoms with Gasteiger partial charge in [0.15, 0.2) is 11.5 Å². The molecule has 40 heavy (non-hydrogen) atoms. The molecule has 1 unspecified atom stereocenters. The fraction of sp³-hybridized carbons (Fsp3) is 0.419. The molecule has 2 N–H and O–H groups in total. The van der Waals surface area contributed by atoms with Crippen molar-refractivity contribution >= 4 is 23.1 Å². The van der Waals surface area contributed by atoms with Gasteiger partial charge in [0.25, 0.3) is 0 Å². The van der Waals surface area contributed by atoms with E-state index in [2.05, 4.69) is 39.0 Å². The zero-order chi connectivity index (χ0) is 27.7. The van der Waals surface area contributed by atoms with Gasteiger partial charge in [-0.15, -0.1) is 0 Å². The second-order valence-corrected chi connectivity index (χ2v) is 11.1. The molecular formula is C31H39N3O5S. The average molecular weight is 566 g/mol. The maximum Gasteiger partial charge on any atom is 0.161 e. The van der Waals surface area contributed by atoms with Crippen LogP contribution in [0.4, 0.5) is 11.4 Å². The molecule has 0 amide bonds. The van der Waals surface area contributed by atoms with E-state index in [1.165, 1.54) is 9.79 Å². The predicted octanol–water partition coefficient (Wildman–Crippen LogP) is 3.86. The van der Waals surface area contributed by atoms with Crippen molar-refractivity contribution in [3.63, 3.8) is 0 Å². The Morgan fingerprint density at radius 2 is 1.68 bits per heavy atom. The molecule has 0 aromatic heterocycles. The molecule has 0 bridgehead atoms. The Hall–Kier alpha value is -2.79. The average Bonchev–Trinajstić information content (AvgIpc) is 2.98. The zero-order valence-corrected chi connectivity index (χ0v) is 23.9. The number of morpholine rings is 1. The number of hydrogen-bond acceptors (Lipinski definition) is 9. The van der Waals surface area contributed by atoms with Gasteiger partial charge >= 0.3 is 0 Å². The quantitative estimate of drug-likeness (QED) is 0.321. The highest BCUT2D eigenvalue weighted by Crippen LogP contribution is 2.47. The Balaban J connectivity index is 1.21. The summed E-state index contributed by atoms with van der Waals surface area (Å²) < 4.78 is 17.1. The van der Waals surface area contributed by atoms with Crippen LogP contribution in [0.25, 0.3) is 0 Å². The second-order valence-electron chi connectivity index (χ2n) is 10.0. The van der Waals surface area contributed by atoms with E-state index in [0.29, 0.717) is 44.3 Å². The highest BCUT2D eigenvalue weighted by atomic mass is 32.2. The van der Waals surface area contributed by atoms with Crippen molar-refractivity contribution in [3.8, 4) is 11.5 Å². The maximum atomic E-state index is 11.2. The molecule has 0 spiro atoms. The van der Waals surface area contributed by atoms with Crippen LogP contribution in [-0.2, 0) is 11.3 Å². The maximum absolute atomic E-state index is 11.2. The summed E-state index contributed by atoms with van der Waals surface area (Å²) in [6.07, 6.45) is -0.625. The third kappa shape index (κ3) is 7.28. The highest BCUT2D eigenvalue weighted by molar-refractivity contribution is 7.99. The summed E-state index contributed by atoms with van der Waals surface area (Å²) >= 11 is 1.76. The van der Waals surface area contributed by atoms with Crippen LogP contribution in [0, 0.1) is 0 Å². The summed E-state index contributed by atoms with van der Waals surface area (Å²) in [5, 5.41) is 21.0. The summed E-state index contributed by atoms with van der Waals surface area (Å²) in [7, 11) is 1.65. The lowest BCUT2D eigenvalue weighted by molar-refractivity contribution is 0.0321. The molecule has 0 saturated carbocycles. The number of rotatable bonds is 13. The molecule has 3 aromatic carbocycles. The minimum atomic E-state index is -0.625. The van der Waals surface area contributed by atoms with Crippen LogP contribution in [0.15, 0.2) is 76.5 Å². The number of aliphatic hydroxyl groups is 2. The minimum absolute atomic E-state index is 0.0125. The third-order valence-corrected chi connectivity index (χ3v) is 8.34. The van der Waals surface area contributed by atoms with Crippen molar-refractivity contribution in [2.24, 2.45) is 0 Å². The lowest BCUT2D eigenvalue weighted by Gasteiger charge is -2.35. The van der Waals surface area contributed by atoms with Crippen molar-refractivity contribution in [1.82, 2.24) is 9.80 Å². The van der Waals surface area contributed by atoms with Gasteiger partial charge in [-0.1, -0.05) is 42.1 Å². The van der Waals surface area contributed by atoms with Crippen molar-refractivity contribution in [3.05, 3.63) is 72.3 Å². The molecule has 2 aliphatic heterocycles. The standard InChI is InChI=1S/C31H39N3O5S/c1-37-29-20-24(10-11-28(29)39-19-15-32-13-17-38-18-14-32)21-33(12-16-35)22-25(36)23-34-26-6-2-4-8-30(26)40-31-9-5-3-7-27(31)34/h2-11,20,25,35-36H,12-19,21-23H2,1H3. The second kappa shape index (κ2) is 14.2. The summed E-state index contributed by atoms with van der Waals surface area (Å²) in [4.78, 5) is 8.98. The summed E-state index contributed by atoms with van der Waals surface area (Å²) in [5.74, 6) is 1.40. The summed E-state index contributed by atoms with van der Waals surface area (Å²) in [6.45, 7) is 6.77. The molecule has 3 aromatic rings. The Kier molecular flexibility index (Phi) is 10.2. The van der Waals surface area contributed by atoms with Crippen LogP contribution in [-0.4, -0.2) is 98.9 Å². The summed E-state index contributed by atoms with van der Waals surface area (Å²) in [6, 6.07) is 22.6. The fourth-order valence-electron chi connectivity index (χ4n) is 5.22. The van der Waals surface area contributed by atoms with Crippen molar-refractivity contribution in [2.75, 3.05) is 77.7 Å². The number of anilines is 2. The molecule has 9 heteroatoms. The van der Waals surface area contributed by atoms with Gasteiger partial charge in [-0.2, -0.15) is 0 Å². The molecule has 0 aliphatic carbocycles. The van der Waals surface area contributed by atoms with E-state index in [4.69, 9.17) is 14.2 Å². The van der Waals surface area contributed by atoms with E-state index in [1.54, 1.807) is 18.9 Å². The molecule has 2 heterocycles. The molecule has 1 atom stereocenters. The van der Waals surface area contributed by atoms with Gasteiger partial charge in [-0.25, -0.2) is 0 Å². The molecule has 0 radical (unpaired) electrons. The third-order valence-electron chi connectivity index (χ3n) is 7.21. The molecule has 1 saturated heterocycles. The number of aliphatic hydroxyl groups excluding tert-OH is 2. The number of nitrogens with zero attached hydrogens (tertiary/aromatic N) is 3. The normalized spacial score (nSPS) is 15.9. The van der Waals surface area contributed by atoms with E-state index in [-0.39, 0.29) is 6.61 Å². The van der Waals surface area contributed by atoms with E-state index in [9.17, 15) is 10.2 Å². The fourth-order valence-corrected chi connectivity index (χ4v) is 6.31. The van der Waals surface area contributed by atoms with E-state index < -0.39 is 6.10 Å². The van der Waals surface area contributed by atoms with Crippen molar-refractivity contribution < 1.29 is 24.4 Å². The number of β-amino-alcohol motifs (C(OH)–C–C–N with tert-alkyl or cyclic N) is 1. The number of hydrogen-bond donors (Lipinski definition) is 2. The van der Waals surface area contributed by atoms with Gasteiger partial charge in [-0.3, -0.25) is 9.80 Å². The first-order valence-electron chi connectivity index (χ1n) is 13.9. The first-order valence-corrected chi connectivity index (χ1v) is 14.7. The first kappa shape index (κ1) is 28.7. The predicted molar refractivity (Wildman–Crippen MR) is 158 cm³/mol. The molecule has 214 valence electrons. The number of methoxy groups -OCH3 is 1. The Labute approximate surface area is 241 Å². The van der Waals surface area contributed by atoms with E-state index >= 15 is 0 Å². The van der Waals surface area contributed by atoms with Gasteiger partial charge < -0.3 is 29.3 Å². The van der Waals surface area contributed by atoms with Crippen LogP contribution in [0.5, 0.6) is 11.5 Å². The van der Waals surface area contributed by atoms with Crippen molar-refractivity contribution in [2.45, 2.75) is 22.4 Å². The largest absolute Gasteiger partial charge is 0.493 e. The molecule has 1 fully saturated rings. The Morgan fingerprint density at radius 1 is 0.975 bits per heavy atom. The van der Waals surface area contributed by atoms with Gasteiger partial charge in [0.1, 0.15) is 6.61 Å². The number of para-hydroxylation sites is 2. The van der Waals surface area contributed by atoms with Crippen LogP contribution >= 0.6 is 11.8 Å². The van der Waals surface area contributed by atoms with Crippen LogP contribution in [0.1, 0.15) is 5.56 Å². The topological polar surface area (TPSA) is 77.9 Å². The Bertz CT molecular complexity index is 1190. The molecule has 2 aliphatic rings. The smallest absolute Gasteiger partial charge is 0.161 e. The number of benzene rings is 3.